The van der Waals surface area contributed by atoms with Gasteiger partial charge in [-0.05, 0) is 49.1 Å². The Labute approximate surface area is 156 Å². The fraction of sp³-hybridized carbons (Fsp3) is 0.190. The Morgan fingerprint density at radius 2 is 1.85 bits per heavy atom. The van der Waals surface area contributed by atoms with Crippen LogP contribution >= 0.6 is 0 Å². The van der Waals surface area contributed by atoms with E-state index in [0.29, 0.717) is 18.1 Å². The second kappa shape index (κ2) is 7.86. The van der Waals surface area contributed by atoms with E-state index < -0.39 is 0 Å². The third kappa shape index (κ3) is 4.06. The number of amides is 1. The summed E-state index contributed by atoms with van der Waals surface area (Å²) in [6.07, 6.45) is 6.44. The normalized spacial score (nSPS) is 11.0. The number of rotatable bonds is 7. The van der Waals surface area contributed by atoms with E-state index >= 15 is 0 Å². The van der Waals surface area contributed by atoms with Gasteiger partial charge in [-0.15, -0.1) is 0 Å². The highest BCUT2D eigenvalue weighted by Crippen LogP contribution is 2.28. The smallest absolute Gasteiger partial charge is 0.273 e. The van der Waals surface area contributed by atoms with Gasteiger partial charge in [-0.3, -0.25) is 9.78 Å². The van der Waals surface area contributed by atoms with Crippen molar-refractivity contribution in [3.63, 3.8) is 0 Å². The van der Waals surface area contributed by atoms with Crippen molar-refractivity contribution in [3.8, 4) is 11.5 Å². The molecule has 0 spiro atoms. The number of nitrogens with one attached hydrogen (secondary N) is 1. The topological polar surface area (TPSA) is 81.2 Å². The second-order valence-corrected chi connectivity index (χ2v) is 6.29. The number of unbranched alkanes of at least 4 members (excludes halogenated alkanes) is 1. The highest BCUT2D eigenvalue weighted by molar-refractivity contribution is 5.93. The quantitative estimate of drug-likeness (QED) is 0.498. The van der Waals surface area contributed by atoms with E-state index in [1.165, 1.54) is 5.56 Å². The van der Waals surface area contributed by atoms with Gasteiger partial charge in [0.25, 0.3) is 5.91 Å². The molecule has 1 aromatic carbocycles. The molecule has 6 heteroatoms. The van der Waals surface area contributed by atoms with Gasteiger partial charge in [-0.2, -0.15) is 0 Å². The maximum Gasteiger partial charge on any atom is 0.273 e. The number of fused-ring (bicyclic) bond motifs is 1. The number of aromatic nitrogens is 2. The van der Waals surface area contributed by atoms with Crippen LogP contribution in [0.25, 0.3) is 22.5 Å². The zero-order chi connectivity index (χ0) is 18.5. The monoisotopic (exact) mass is 361 g/mol. The summed E-state index contributed by atoms with van der Waals surface area (Å²) in [5, 5.41) is 7.70. The molecule has 0 bridgehead atoms. The summed E-state index contributed by atoms with van der Waals surface area (Å²) < 4.78 is 11.0. The minimum atomic E-state index is -0.245. The maximum absolute atomic E-state index is 12.2. The Morgan fingerprint density at radius 3 is 2.70 bits per heavy atom. The van der Waals surface area contributed by atoms with E-state index in [1.807, 2.05) is 42.5 Å². The standard InChI is InChI=1S/C21H19N3O3/c25-21(23-10-4-3-5-15-8-11-22-12-9-15)17-14-20(27-24-17)19-13-16-6-1-2-7-18(16)26-19/h1-2,6-9,11-14H,3-5,10H2,(H,23,25). The molecule has 0 radical (unpaired) electrons. The van der Waals surface area contributed by atoms with Gasteiger partial charge in [0, 0.05) is 30.4 Å². The molecule has 136 valence electrons. The first-order valence-electron chi connectivity index (χ1n) is 8.92. The van der Waals surface area contributed by atoms with Crippen molar-refractivity contribution < 1.29 is 13.7 Å². The largest absolute Gasteiger partial charge is 0.453 e. The lowest BCUT2D eigenvalue weighted by atomic mass is 10.1. The van der Waals surface area contributed by atoms with Crippen LogP contribution in [0.4, 0.5) is 0 Å². The van der Waals surface area contributed by atoms with Crippen molar-refractivity contribution >= 4 is 16.9 Å². The molecule has 0 atom stereocenters. The average molecular weight is 361 g/mol. The fourth-order valence-corrected chi connectivity index (χ4v) is 2.90. The number of hydrogen-bond acceptors (Lipinski definition) is 5. The predicted octanol–water partition coefficient (Wildman–Crippen LogP) is 4.24. The molecule has 0 unspecified atom stereocenters. The third-order valence-electron chi connectivity index (χ3n) is 4.34. The fourth-order valence-electron chi connectivity index (χ4n) is 2.90. The first kappa shape index (κ1) is 17.0. The van der Waals surface area contributed by atoms with Crippen LogP contribution < -0.4 is 5.32 Å². The molecule has 6 nitrogen and oxygen atoms in total. The molecule has 0 fully saturated rings. The van der Waals surface area contributed by atoms with Gasteiger partial charge in [-0.1, -0.05) is 23.4 Å². The molecule has 0 aliphatic carbocycles. The van der Waals surface area contributed by atoms with E-state index in [9.17, 15) is 4.79 Å². The number of aryl methyl sites for hydroxylation is 1. The number of carbonyl (C=O) groups excluding carboxylic acids is 1. The number of benzene rings is 1. The molecule has 0 aliphatic heterocycles. The first-order valence-corrected chi connectivity index (χ1v) is 8.92. The summed E-state index contributed by atoms with van der Waals surface area (Å²) in [5.41, 5.74) is 2.27. The number of nitrogens with zero attached hydrogens (tertiary/aromatic N) is 2. The Hall–Kier alpha value is -3.41. The Kier molecular flexibility index (Phi) is 4.96. The summed E-state index contributed by atoms with van der Waals surface area (Å²) in [7, 11) is 0. The Bertz CT molecular complexity index is 1000. The molecular weight excluding hydrogens is 342 g/mol. The third-order valence-corrected chi connectivity index (χ3v) is 4.34. The van der Waals surface area contributed by atoms with Crippen LogP contribution in [0, 0.1) is 0 Å². The molecule has 0 saturated heterocycles. The first-order chi connectivity index (χ1) is 13.3. The second-order valence-electron chi connectivity index (χ2n) is 6.29. The number of pyridine rings is 1. The molecule has 4 aromatic rings. The van der Waals surface area contributed by atoms with Crippen molar-refractivity contribution in [2.45, 2.75) is 19.3 Å². The van der Waals surface area contributed by atoms with Crippen molar-refractivity contribution in [1.82, 2.24) is 15.5 Å². The minimum Gasteiger partial charge on any atom is -0.453 e. The van der Waals surface area contributed by atoms with Gasteiger partial charge >= 0.3 is 0 Å². The van der Waals surface area contributed by atoms with Crippen LogP contribution in [0.5, 0.6) is 0 Å². The van der Waals surface area contributed by atoms with Gasteiger partial charge in [0.1, 0.15) is 5.58 Å². The number of carbonyl (C=O) groups is 1. The van der Waals surface area contributed by atoms with Gasteiger partial charge in [-0.25, -0.2) is 0 Å². The molecule has 0 saturated carbocycles. The highest BCUT2D eigenvalue weighted by atomic mass is 16.5. The van der Waals surface area contributed by atoms with Crippen LogP contribution in [0.1, 0.15) is 28.9 Å². The molecule has 3 aromatic heterocycles. The molecule has 4 rings (SSSR count). The van der Waals surface area contributed by atoms with Crippen molar-refractivity contribution in [1.29, 1.82) is 0 Å². The summed E-state index contributed by atoms with van der Waals surface area (Å²) in [4.78, 5) is 16.2. The van der Waals surface area contributed by atoms with E-state index in [0.717, 1.165) is 30.2 Å². The summed E-state index contributed by atoms with van der Waals surface area (Å²) in [6.45, 7) is 0.594. The molecule has 1 amide bonds. The molecule has 1 N–H and O–H groups in total. The lowest BCUT2D eigenvalue weighted by molar-refractivity contribution is 0.0944. The van der Waals surface area contributed by atoms with Gasteiger partial charge in [0.15, 0.2) is 11.5 Å². The number of hydrogen-bond donors (Lipinski definition) is 1. The van der Waals surface area contributed by atoms with Crippen LogP contribution in [0.2, 0.25) is 0 Å². The maximum atomic E-state index is 12.2. The van der Waals surface area contributed by atoms with Crippen LogP contribution in [-0.2, 0) is 6.42 Å². The Balaban J connectivity index is 1.29. The van der Waals surface area contributed by atoms with Crippen molar-refractivity contribution in [2.75, 3.05) is 6.54 Å². The number of furan rings is 1. The van der Waals surface area contributed by atoms with Gasteiger partial charge in [0.2, 0.25) is 5.76 Å². The van der Waals surface area contributed by atoms with Crippen LogP contribution in [-0.4, -0.2) is 22.6 Å². The molecule has 3 heterocycles. The average Bonchev–Trinajstić information content (AvgIpc) is 3.35. The van der Waals surface area contributed by atoms with Gasteiger partial charge in [0.05, 0.1) is 0 Å². The minimum absolute atomic E-state index is 0.245. The molecular formula is C21H19N3O3. The van der Waals surface area contributed by atoms with Crippen LogP contribution in [0.3, 0.4) is 0 Å². The number of para-hydroxylation sites is 1. The van der Waals surface area contributed by atoms with Crippen LogP contribution in [0.15, 0.2) is 69.9 Å². The summed E-state index contributed by atoms with van der Waals surface area (Å²) >= 11 is 0. The van der Waals surface area contributed by atoms with Gasteiger partial charge < -0.3 is 14.3 Å². The molecule has 27 heavy (non-hydrogen) atoms. The summed E-state index contributed by atoms with van der Waals surface area (Å²) in [5.74, 6) is 0.749. The van der Waals surface area contributed by atoms with E-state index in [-0.39, 0.29) is 11.6 Å². The van der Waals surface area contributed by atoms with E-state index in [1.54, 1.807) is 18.5 Å². The van der Waals surface area contributed by atoms with Crippen molar-refractivity contribution in [2.24, 2.45) is 0 Å². The van der Waals surface area contributed by atoms with E-state index in [4.69, 9.17) is 8.94 Å². The molecule has 0 aliphatic rings. The Morgan fingerprint density at radius 1 is 1.00 bits per heavy atom. The van der Waals surface area contributed by atoms with E-state index in [2.05, 4.69) is 15.5 Å². The highest BCUT2D eigenvalue weighted by Gasteiger charge is 2.16. The lowest BCUT2D eigenvalue weighted by Crippen LogP contribution is -2.24. The zero-order valence-electron chi connectivity index (χ0n) is 14.7. The summed E-state index contributed by atoms with van der Waals surface area (Å²) in [6, 6.07) is 15.2. The predicted molar refractivity (Wildman–Crippen MR) is 101 cm³/mol. The SMILES string of the molecule is O=C(NCCCCc1ccncc1)c1cc(-c2cc3ccccc3o2)on1. The zero-order valence-corrected chi connectivity index (χ0v) is 14.7. The van der Waals surface area contributed by atoms with Crippen molar-refractivity contribution in [3.05, 3.63) is 72.2 Å². The lowest BCUT2D eigenvalue weighted by Gasteiger charge is -2.03.